The third kappa shape index (κ3) is 5.55. The minimum Gasteiger partial charge on any atom is -0.352 e. The molecule has 1 aliphatic rings. The molecule has 1 fully saturated rings. The maximum Gasteiger partial charge on any atom is 0.416 e. The molecular weight excluding hydrogens is 367 g/mol. The van der Waals surface area contributed by atoms with Crippen LogP contribution in [0.1, 0.15) is 40.2 Å². The number of piperidine rings is 1. The molecule has 0 saturated carbocycles. The summed E-state index contributed by atoms with van der Waals surface area (Å²) in [5, 5.41) is 2.79. The fourth-order valence-electron chi connectivity index (χ4n) is 3.55. The fraction of sp³-hybridized carbons (Fsp3) is 0.429. The fourth-order valence-corrected chi connectivity index (χ4v) is 3.55. The Balaban J connectivity index is 1.53. The van der Waals surface area contributed by atoms with E-state index in [1.165, 1.54) is 12.1 Å². The topological polar surface area (TPSA) is 45.2 Å². The van der Waals surface area contributed by atoms with E-state index in [2.05, 4.69) is 15.2 Å². The van der Waals surface area contributed by atoms with Gasteiger partial charge in [-0.15, -0.1) is 0 Å². The molecule has 0 bridgehead atoms. The van der Waals surface area contributed by atoms with E-state index >= 15 is 0 Å². The van der Waals surface area contributed by atoms with E-state index in [4.69, 9.17) is 0 Å². The van der Waals surface area contributed by atoms with Crippen molar-refractivity contribution < 1.29 is 18.0 Å². The van der Waals surface area contributed by atoms with Gasteiger partial charge in [0.15, 0.2) is 0 Å². The van der Waals surface area contributed by atoms with Crippen LogP contribution in [-0.2, 0) is 12.7 Å². The van der Waals surface area contributed by atoms with Crippen molar-refractivity contribution in [2.24, 2.45) is 5.92 Å². The molecule has 3 rings (SSSR count). The molecule has 1 N–H and O–H groups in total. The van der Waals surface area contributed by atoms with Crippen molar-refractivity contribution >= 4 is 5.91 Å². The van der Waals surface area contributed by atoms with E-state index in [1.807, 2.05) is 25.1 Å². The molecule has 28 heavy (non-hydrogen) atoms. The number of pyridine rings is 1. The van der Waals surface area contributed by atoms with Crippen molar-refractivity contribution in [3.8, 4) is 0 Å². The normalized spacial score (nSPS) is 18.1. The van der Waals surface area contributed by atoms with Crippen LogP contribution in [0.25, 0.3) is 0 Å². The number of carbonyl (C=O) groups is 1. The third-order valence-corrected chi connectivity index (χ3v) is 4.94. The van der Waals surface area contributed by atoms with Gasteiger partial charge >= 0.3 is 6.18 Å². The summed E-state index contributed by atoms with van der Waals surface area (Å²) in [6, 6.07) is 10.5. The number of nitrogens with one attached hydrogen (secondary N) is 1. The second kappa shape index (κ2) is 8.73. The molecule has 7 heteroatoms. The molecule has 0 spiro atoms. The Morgan fingerprint density at radius 2 is 2.04 bits per heavy atom. The van der Waals surface area contributed by atoms with Crippen molar-refractivity contribution in [1.82, 2.24) is 15.2 Å². The highest BCUT2D eigenvalue weighted by Gasteiger charge is 2.31. The van der Waals surface area contributed by atoms with Crippen molar-refractivity contribution in [3.63, 3.8) is 0 Å². The van der Waals surface area contributed by atoms with Crippen LogP contribution in [-0.4, -0.2) is 35.4 Å². The lowest BCUT2D eigenvalue weighted by Crippen LogP contribution is -2.40. The molecule has 4 nitrogen and oxygen atoms in total. The third-order valence-electron chi connectivity index (χ3n) is 4.94. The first-order chi connectivity index (χ1) is 13.3. The van der Waals surface area contributed by atoms with Gasteiger partial charge in [-0.25, -0.2) is 0 Å². The van der Waals surface area contributed by atoms with Crippen LogP contribution < -0.4 is 5.32 Å². The zero-order valence-electron chi connectivity index (χ0n) is 15.8. The second-order valence-electron chi connectivity index (χ2n) is 7.30. The summed E-state index contributed by atoms with van der Waals surface area (Å²) >= 11 is 0. The lowest BCUT2D eigenvalue weighted by atomic mass is 9.97. The molecule has 1 unspecified atom stereocenters. The number of hydrogen-bond donors (Lipinski definition) is 1. The Morgan fingerprint density at radius 1 is 1.25 bits per heavy atom. The quantitative estimate of drug-likeness (QED) is 0.836. The average molecular weight is 391 g/mol. The average Bonchev–Trinajstić information content (AvgIpc) is 2.66. The summed E-state index contributed by atoms with van der Waals surface area (Å²) in [6.45, 7) is 4.99. The SMILES string of the molecule is Cc1cccc(CN2CCCC(CNC(=O)c3cccc(C(F)(F)F)c3)C2)n1. The van der Waals surface area contributed by atoms with Gasteiger partial charge in [0.1, 0.15) is 0 Å². The van der Waals surface area contributed by atoms with Gasteiger partial charge in [-0.3, -0.25) is 14.7 Å². The highest BCUT2D eigenvalue weighted by Crippen LogP contribution is 2.29. The number of aryl methyl sites for hydroxylation is 1. The number of aromatic nitrogens is 1. The van der Waals surface area contributed by atoms with Gasteiger partial charge in [0.05, 0.1) is 11.3 Å². The summed E-state index contributed by atoms with van der Waals surface area (Å²) < 4.78 is 38.4. The van der Waals surface area contributed by atoms with E-state index in [9.17, 15) is 18.0 Å². The minimum atomic E-state index is -4.45. The predicted octanol–water partition coefficient (Wildman–Crippen LogP) is 4.05. The van der Waals surface area contributed by atoms with E-state index in [0.29, 0.717) is 6.54 Å². The van der Waals surface area contributed by atoms with Crippen LogP contribution in [0.5, 0.6) is 0 Å². The number of hydrogen-bond acceptors (Lipinski definition) is 3. The highest BCUT2D eigenvalue weighted by molar-refractivity contribution is 5.94. The maximum absolute atomic E-state index is 12.8. The molecule has 2 aromatic rings. The number of amides is 1. The Labute approximate surface area is 162 Å². The van der Waals surface area contributed by atoms with Crippen LogP contribution in [0, 0.1) is 12.8 Å². The standard InChI is InChI=1S/C21H24F3N3O/c1-15-5-2-9-19(26-15)14-27-10-4-6-16(13-27)12-25-20(28)17-7-3-8-18(11-17)21(22,23)24/h2-3,5,7-9,11,16H,4,6,10,12-14H2,1H3,(H,25,28). The van der Waals surface area contributed by atoms with Crippen molar-refractivity contribution in [2.45, 2.75) is 32.5 Å². The zero-order valence-corrected chi connectivity index (χ0v) is 15.8. The largest absolute Gasteiger partial charge is 0.416 e. The lowest BCUT2D eigenvalue weighted by molar-refractivity contribution is -0.137. The molecule has 1 aliphatic heterocycles. The van der Waals surface area contributed by atoms with E-state index in [-0.39, 0.29) is 11.5 Å². The molecule has 1 atom stereocenters. The molecule has 0 radical (unpaired) electrons. The number of nitrogens with zero attached hydrogens (tertiary/aromatic N) is 2. The van der Waals surface area contributed by atoms with E-state index < -0.39 is 17.6 Å². The molecule has 1 saturated heterocycles. The van der Waals surface area contributed by atoms with E-state index in [0.717, 1.165) is 56.0 Å². The molecule has 1 aromatic carbocycles. The molecule has 2 heterocycles. The number of alkyl halides is 3. The van der Waals surface area contributed by atoms with Crippen LogP contribution in [0.4, 0.5) is 13.2 Å². The zero-order chi connectivity index (χ0) is 20.1. The van der Waals surface area contributed by atoms with Gasteiger partial charge in [-0.05, 0) is 62.6 Å². The highest BCUT2D eigenvalue weighted by atomic mass is 19.4. The lowest BCUT2D eigenvalue weighted by Gasteiger charge is -2.32. The summed E-state index contributed by atoms with van der Waals surface area (Å²) in [6.07, 6.45) is -2.44. The van der Waals surface area contributed by atoms with Gasteiger partial charge in [0.25, 0.3) is 5.91 Å². The smallest absolute Gasteiger partial charge is 0.352 e. The number of halogens is 3. The molecule has 1 amide bonds. The summed E-state index contributed by atoms with van der Waals surface area (Å²) in [7, 11) is 0. The van der Waals surface area contributed by atoms with Crippen LogP contribution in [0.2, 0.25) is 0 Å². The van der Waals surface area contributed by atoms with Crippen LogP contribution in [0.3, 0.4) is 0 Å². The molecule has 150 valence electrons. The van der Waals surface area contributed by atoms with Gasteiger partial charge in [-0.2, -0.15) is 13.2 Å². The first-order valence-electron chi connectivity index (χ1n) is 9.41. The number of benzene rings is 1. The summed E-state index contributed by atoms with van der Waals surface area (Å²) in [5.41, 5.74) is 1.23. The monoisotopic (exact) mass is 391 g/mol. The van der Waals surface area contributed by atoms with Gasteiger partial charge < -0.3 is 5.32 Å². The minimum absolute atomic E-state index is 0.0338. The van der Waals surface area contributed by atoms with Gasteiger partial charge in [-0.1, -0.05) is 12.1 Å². The maximum atomic E-state index is 12.8. The first-order valence-corrected chi connectivity index (χ1v) is 9.41. The molecule has 1 aromatic heterocycles. The number of rotatable bonds is 5. The molecular formula is C21H24F3N3O. The first kappa shape index (κ1) is 20.3. The van der Waals surface area contributed by atoms with E-state index in [1.54, 1.807) is 0 Å². The molecule has 0 aliphatic carbocycles. The Kier molecular flexibility index (Phi) is 6.34. The van der Waals surface area contributed by atoms with Gasteiger partial charge in [0, 0.05) is 30.9 Å². The summed E-state index contributed by atoms with van der Waals surface area (Å²) in [5.74, 6) is -0.197. The number of carbonyl (C=O) groups excluding carboxylic acids is 1. The van der Waals surface area contributed by atoms with Crippen LogP contribution >= 0.6 is 0 Å². The van der Waals surface area contributed by atoms with Gasteiger partial charge in [0.2, 0.25) is 0 Å². The Hall–Kier alpha value is -2.41. The Bertz CT molecular complexity index is 823. The predicted molar refractivity (Wildman–Crippen MR) is 101 cm³/mol. The number of likely N-dealkylation sites (tertiary alicyclic amines) is 1. The van der Waals surface area contributed by atoms with Crippen molar-refractivity contribution in [3.05, 3.63) is 65.0 Å². The van der Waals surface area contributed by atoms with Crippen molar-refractivity contribution in [2.75, 3.05) is 19.6 Å². The van der Waals surface area contributed by atoms with Crippen molar-refractivity contribution in [1.29, 1.82) is 0 Å². The summed E-state index contributed by atoms with van der Waals surface area (Å²) in [4.78, 5) is 19.1. The van der Waals surface area contributed by atoms with Crippen LogP contribution in [0.15, 0.2) is 42.5 Å². The second-order valence-corrected chi connectivity index (χ2v) is 7.30. The Morgan fingerprint density at radius 3 is 2.79 bits per heavy atom.